The third kappa shape index (κ3) is 4.97. The van der Waals surface area contributed by atoms with Crippen LogP contribution in [0.2, 0.25) is 0 Å². The summed E-state index contributed by atoms with van der Waals surface area (Å²) in [4.78, 5) is 12.3. The van der Waals surface area contributed by atoms with Crippen LogP contribution in [-0.4, -0.2) is 25.7 Å². The first-order chi connectivity index (χ1) is 14.1. The highest BCUT2D eigenvalue weighted by atomic mass is 16.5. The van der Waals surface area contributed by atoms with Gasteiger partial charge in [-0.1, -0.05) is 46.8 Å². The molecule has 0 unspecified atom stereocenters. The van der Waals surface area contributed by atoms with Gasteiger partial charge >= 0.3 is 0 Å². The van der Waals surface area contributed by atoms with Gasteiger partial charge in [-0.3, -0.25) is 4.79 Å². The second kappa shape index (κ2) is 8.97. The quantitative estimate of drug-likeness (QED) is 0.568. The monoisotopic (exact) mass is 411 g/mol. The molecule has 0 radical (unpaired) electrons. The summed E-state index contributed by atoms with van der Waals surface area (Å²) in [5.41, 5.74) is 5.89. The van der Waals surface area contributed by atoms with Crippen molar-refractivity contribution in [3.8, 4) is 0 Å². The molecule has 0 atom stereocenters. The maximum absolute atomic E-state index is 12.3. The van der Waals surface area contributed by atoms with Crippen LogP contribution in [0.3, 0.4) is 0 Å². The summed E-state index contributed by atoms with van der Waals surface area (Å²) in [7, 11) is 0. The predicted octanol–water partition coefficient (Wildman–Crippen LogP) is 5.68. The SMILES string of the molecule is CCCOCCNC(=O)c1ccc(Cc2cc3c(cc2C)C(C)(C)CCC3(C)C)o1. The molecule has 1 aromatic carbocycles. The Kier molecular flexibility index (Phi) is 6.76. The van der Waals surface area contributed by atoms with E-state index >= 15 is 0 Å². The summed E-state index contributed by atoms with van der Waals surface area (Å²) in [6.07, 6.45) is 4.09. The largest absolute Gasteiger partial charge is 0.456 e. The van der Waals surface area contributed by atoms with E-state index in [1.165, 1.54) is 35.1 Å². The Morgan fingerprint density at radius 3 is 2.40 bits per heavy atom. The van der Waals surface area contributed by atoms with Crippen molar-refractivity contribution in [1.29, 1.82) is 0 Å². The smallest absolute Gasteiger partial charge is 0.287 e. The molecule has 3 rings (SSSR count). The van der Waals surface area contributed by atoms with Gasteiger partial charge in [0.2, 0.25) is 0 Å². The molecule has 30 heavy (non-hydrogen) atoms. The number of benzene rings is 1. The number of rotatable bonds is 8. The molecular weight excluding hydrogens is 374 g/mol. The average molecular weight is 412 g/mol. The van der Waals surface area contributed by atoms with Crippen molar-refractivity contribution in [1.82, 2.24) is 5.32 Å². The molecule has 0 aliphatic heterocycles. The molecule has 0 saturated carbocycles. The molecule has 1 aromatic heterocycles. The zero-order valence-electron chi connectivity index (χ0n) is 19.5. The number of nitrogens with one attached hydrogen (secondary N) is 1. The van der Waals surface area contributed by atoms with Crippen molar-refractivity contribution in [2.45, 2.75) is 78.1 Å². The topological polar surface area (TPSA) is 51.5 Å². The van der Waals surface area contributed by atoms with Crippen molar-refractivity contribution in [3.05, 3.63) is 58.0 Å². The van der Waals surface area contributed by atoms with Gasteiger partial charge in [0, 0.05) is 19.6 Å². The first-order valence-corrected chi connectivity index (χ1v) is 11.2. The van der Waals surface area contributed by atoms with Crippen LogP contribution in [0.25, 0.3) is 0 Å². The Bertz CT molecular complexity index is 892. The van der Waals surface area contributed by atoms with Crippen molar-refractivity contribution in [2.75, 3.05) is 19.8 Å². The van der Waals surface area contributed by atoms with Gasteiger partial charge in [-0.25, -0.2) is 0 Å². The molecular formula is C26H37NO3. The van der Waals surface area contributed by atoms with E-state index in [9.17, 15) is 4.79 Å². The number of carbonyl (C=O) groups excluding carboxylic acids is 1. The van der Waals surface area contributed by atoms with Crippen molar-refractivity contribution < 1.29 is 13.9 Å². The van der Waals surface area contributed by atoms with Gasteiger partial charge in [-0.2, -0.15) is 0 Å². The molecule has 0 saturated heterocycles. The van der Waals surface area contributed by atoms with Crippen LogP contribution in [0.1, 0.15) is 92.4 Å². The number of ether oxygens (including phenoxy) is 1. The Morgan fingerprint density at radius 2 is 1.73 bits per heavy atom. The van der Waals surface area contributed by atoms with Crippen LogP contribution < -0.4 is 5.32 Å². The number of carbonyl (C=O) groups is 1. The highest BCUT2D eigenvalue weighted by Crippen LogP contribution is 2.46. The summed E-state index contributed by atoms with van der Waals surface area (Å²) in [6.45, 7) is 15.4. The molecule has 1 N–H and O–H groups in total. The second-order valence-electron chi connectivity index (χ2n) is 9.90. The average Bonchev–Trinajstić information content (AvgIpc) is 3.15. The van der Waals surface area contributed by atoms with Gasteiger partial charge in [0.15, 0.2) is 5.76 Å². The number of fused-ring (bicyclic) bond motifs is 1. The van der Waals surface area contributed by atoms with Gasteiger partial charge < -0.3 is 14.5 Å². The van der Waals surface area contributed by atoms with Crippen molar-refractivity contribution in [3.63, 3.8) is 0 Å². The standard InChI is InChI=1S/C26H37NO3/c1-7-13-29-14-12-27-24(28)23-9-8-20(30-23)16-19-17-22-21(15-18(19)2)25(3,4)10-11-26(22,5)6/h8-9,15,17H,7,10-14,16H2,1-6H3,(H,27,28). The maximum atomic E-state index is 12.3. The maximum Gasteiger partial charge on any atom is 0.287 e. The first-order valence-electron chi connectivity index (χ1n) is 11.2. The lowest BCUT2D eigenvalue weighted by molar-refractivity contribution is 0.0887. The van der Waals surface area contributed by atoms with Crippen LogP contribution in [0.15, 0.2) is 28.7 Å². The Hall–Kier alpha value is -2.07. The molecule has 1 aliphatic carbocycles. The molecule has 1 aliphatic rings. The molecule has 0 bridgehead atoms. The van der Waals surface area contributed by atoms with Crippen LogP contribution in [0.5, 0.6) is 0 Å². The minimum Gasteiger partial charge on any atom is -0.456 e. The fourth-order valence-corrected chi connectivity index (χ4v) is 4.31. The Labute approximate surface area is 181 Å². The summed E-state index contributed by atoms with van der Waals surface area (Å²) >= 11 is 0. The molecule has 2 aromatic rings. The third-order valence-corrected chi connectivity index (χ3v) is 6.44. The highest BCUT2D eigenvalue weighted by Gasteiger charge is 2.37. The second-order valence-corrected chi connectivity index (χ2v) is 9.90. The molecule has 164 valence electrons. The normalized spacial score (nSPS) is 16.9. The summed E-state index contributed by atoms with van der Waals surface area (Å²) in [5.74, 6) is 0.988. The van der Waals surface area contributed by atoms with E-state index in [2.05, 4.69) is 59.0 Å². The Balaban J connectivity index is 1.73. The molecule has 0 fully saturated rings. The lowest BCUT2D eigenvalue weighted by Crippen LogP contribution is -2.34. The zero-order valence-corrected chi connectivity index (χ0v) is 19.5. The molecule has 1 heterocycles. The minimum absolute atomic E-state index is 0.182. The first kappa shape index (κ1) is 22.6. The zero-order chi connectivity index (χ0) is 21.9. The van der Waals surface area contributed by atoms with E-state index < -0.39 is 0 Å². The van der Waals surface area contributed by atoms with Crippen molar-refractivity contribution >= 4 is 5.91 Å². The summed E-state index contributed by atoms with van der Waals surface area (Å²) in [5, 5.41) is 2.85. The number of hydrogen-bond acceptors (Lipinski definition) is 3. The van der Waals surface area contributed by atoms with E-state index in [0.29, 0.717) is 25.3 Å². The third-order valence-electron chi connectivity index (χ3n) is 6.44. The summed E-state index contributed by atoms with van der Waals surface area (Å²) in [6, 6.07) is 8.42. The number of amides is 1. The number of furan rings is 1. The lowest BCUT2D eigenvalue weighted by Gasteiger charge is -2.42. The minimum atomic E-state index is -0.189. The van der Waals surface area contributed by atoms with Crippen LogP contribution >= 0.6 is 0 Å². The van der Waals surface area contributed by atoms with E-state index in [4.69, 9.17) is 9.15 Å². The van der Waals surface area contributed by atoms with Gasteiger partial charge in [-0.05, 0) is 71.4 Å². The van der Waals surface area contributed by atoms with E-state index in [0.717, 1.165) is 18.8 Å². The van der Waals surface area contributed by atoms with Crippen LogP contribution in [-0.2, 0) is 22.0 Å². The van der Waals surface area contributed by atoms with Gasteiger partial charge in [0.25, 0.3) is 5.91 Å². The molecule has 4 nitrogen and oxygen atoms in total. The summed E-state index contributed by atoms with van der Waals surface area (Å²) < 4.78 is 11.3. The van der Waals surface area contributed by atoms with Gasteiger partial charge in [-0.15, -0.1) is 0 Å². The van der Waals surface area contributed by atoms with Gasteiger partial charge in [0.05, 0.1) is 6.61 Å². The fraction of sp³-hybridized carbons (Fsp3) is 0.577. The highest BCUT2D eigenvalue weighted by molar-refractivity contribution is 5.91. The molecule has 4 heteroatoms. The van der Waals surface area contributed by atoms with Crippen LogP contribution in [0, 0.1) is 6.92 Å². The van der Waals surface area contributed by atoms with E-state index in [1.54, 1.807) is 6.07 Å². The van der Waals surface area contributed by atoms with Gasteiger partial charge in [0.1, 0.15) is 5.76 Å². The number of aryl methyl sites for hydroxylation is 1. The number of hydrogen-bond donors (Lipinski definition) is 1. The lowest BCUT2D eigenvalue weighted by atomic mass is 9.62. The predicted molar refractivity (Wildman–Crippen MR) is 121 cm³/mol. The van der Waals surface area contributed by atoms with Crippen molar-refractivity contribution in [2.24, 2.45) is 0 Å². The van der Waals surface area contributed by atoms with Crippen LogP contribution in [0.4, 0.5) is 0 Å². The van der Waals surface area contributed by atoms with E-state index in [-0.39, 0.29) is 16.7 Å². The fourth-order valence-electron chi connectivity index (χ4n) is 4.31. The molecule has 0 spiro atoms. The Morgan fingerprint density at radius 1 is 1.07 bits per heavy atom. The molecule has 1 amide bonds. The van der Waals surface area contributed by atoms with E-state index in [1.807, 2.05) is 6.07 Å².